The van der Waals surface area contributed by atoms with E-state index in [9.17, 15) is 9.59 Å². The minimum Gasteiger partial charge on any atom is -0.378 e. The maximum absolute atomic E-state index is 12.0. The molecule has 0 spiro atoms. The van der Waals surface area contributed by atoms with Gasteiger partial charge in [-0.25, -0.2) is 4.98 Å². The lowest BCUT2D eigenvalue weighted by molar-refractivity contribution is -0.128. The molecular weight excluding hydrogens is 278 g/mol. The van der Waals surface area contributed by atoms with E-state index >= 15 is 0 Å². The Bertz CT molecular complexity index is 515. The fourth-order valence-electron chi connectivity index (χ4n) is 2.19. The molecule has 1 aliphatic rings. The number of amides is 2. The molecule has 1 atom stereocenters. The first-order valence-electron chi connectivity index (χ1n) is 6.47. The fourth-order valence-corrected chi connectivity index (χ4v) is 3.17. The molecule has 6 nitrogen and oxygen atoms in total. The Morgan fingerprint density at radius 2 is 2.35 bits per heavy atom. The number of hydrogen-bond acceptors (Lipinski definition) is 5. The van der Waals surface area contributed by atoms with Gasteiger partial charge in [0.2, 0.25) is 11.8 Å². The number of rotatable bonds is 5. The van der Waals surface area contributed by atoms with Gasteiger partial charge in [0, 0.05) is 32.0 Å². The molecule has 7 heteroatoms. The molecule has 1 aromatic heterocycles. The zero-order valence-electron chi connectivity index (χ0n) is 11.9. The van der Waals surface area contributed by atoms with Gasteiger partial charge in [-0.1, -0.05) is 0 Å². The zero-order valence-corrected chi connectivity index (χ0v) is 12.7. The van der Waals surface area contributed by atoms with Crippen LogP contribution in [0.1, 0.15) is 22.0 Å². The van der Waals surface area contributed by atoms with Gasteiger partial charge in [0.05, 0.1) is 24.8 Å². The van der Waals surface area contributed by atoms with E-state index in [2.05, 4.69) is 10.3 Å². The monoisotopic (exact) mass is 297 g/mol. The van der Waals surface area contributed by atoms with Crippen molar-refractivity contribution in [3.8, 4) is 0 Å². The highest BCUT2D eigenvalue weighted by atomic mass is 32.1. The number of nitrogens with zero attached hydrogens (tertiary/aromatic N) is 2. The van der Waals surface area contributed by atoms with Crippen LogP contribution < -0.4 is 5.32 Å². The number of methoxy groups -OCH3 is 1. The largest absolute Gasteiger partial charge is 0.378 e. The third-order valence-corrected chi connectivity index (χ3v) is 4.47. The van der Waals surface area contributed by atoms with Gasteiger partial charge in [-0.15, -0.1) is 11.3 Å². The summed E-state index contributed by atoms with van der Waals surface area (Å²) in [6, 6.07) is 0. The first kappa shape index (κ1) is 14.9. The minimum absolute atomic E-state index is 0.0292. The Balaban J connectivity index is 1.89. The maximum atomic E-state index is 12.0. The van der Waals surface area contributed by atoms with E-state index < -0.39 is 0 Å². The summed E-state index contributed by atoms with van der Waals surface area (Å²) < 4.78 is 5.04. The smallest absolute Gasteiger partial charge is 0.225 e. The predicted molar refractivity (Wildman–Crippen MR) is 75.2 cm³/mol. The lowest BCUT2D eigenvalue weighted by Gasteiger charge is -2.10. The number of hydrogen-bond donors (Lipinski definition) is 1. The van der Waals surface area contributed by atoms with Gasteiger partial charge in [0.1, 0.15) is 5.01 Å². The predicted octanol–water partition coefficient (Wildman–Crippen LogP) is 0.692. The van der Waals surface area contributed by atoms with Crippen LogP contribution in [0.4, 0.5) is 0 Å². The van der Waals surface area contributed by atoms with E-state index in [1.165, 1.54) is 0 Å². The molecule has 0 bridgehead atoms. The second-order valence-electron chi connectivity index (χ2n) is 4.94. The first-order chi connectivity index (χ1) is 9.51. The van der Waals surface area contributed by atoms with Crippen LogP contribution in [0.2, 0.25) is 0 Å². The van der Waals surface area contributed by atoms with Crippen LogP contribution >= 0.6 is 11.3 Å². The summed E-state index contributed by atoms with van der Waals surface area (Å²) in [6.07, 6.45) is 0.304. The van der Waals surface area contributed by atoms with Crippen molar-refractivity contribution in [2.75, 3.05) is 20.7 Å². The number of carbonyl (C=O) groups excluding carboxylic acids is 2. The van der Waals surface area contributed by atoms with Crippen molar-refractivity contribution < 1.29 is 14.3 Å². The Kier molecular flexibility index (Phi) is 4.72. The molecule has 1 N–H and O–H groups in total. The lowest BCUT2D eigenvalue weighted by Crippen LogP contribution is -2.31. The zero-order chi connectivity index (χ0) is 14.7. The van der Waals surface area contributed by atoms with E-state index in [0.717, 1.165) is 15.6 Å². The van der Waals surface area contributed by atoms with Crippen LogP contribution in [-0.2, 0) is 27.5 Å². The number of nitrogens with one attached hydrogen (secondary N) is 1. The van der Waals surface area contributed by atoms with Gasteiger partial charge < -0.3 is 15.0 Å². The van der Waals surface area contributed by atoms with E-state index in [-0.39, 0.29) is 17.7 Å². The first-order valence-corrected chi connectivity index (χ1v) is 7.28. The summed E-state index contributed by atoms with van der Waals surface area (Å²) >= 11 is 1.54. The topological polar surface area (TPSA) is 71.5 Å². The summed E-state index contributed by atoms with van der Waals surface area (Å²) in [4.78, 5) is 30.4. The van der Waals surface area contributed by atoms with Crippen LogP contribution in [0.25, 0.3) is 0 Å². The second kappa shape index (κ2) is 6.32. The molecule has 0 aliphatic carbocycles. The third kappa shape index (κ3) is 3.34. The van der Waals surface area contributed by atoms with Gasteiger partial charge in [-0.05, 0) is 6.92 Å². The normalized spacial score (nSPS) is 18.6. The minimum atomic E-state index is -0.237. The van der Waals surface area contributed by atoms with Crippen LogP contribution in [0.15, 0.2) is 0 Å². The second-order valence-corrected chi connectivity index (χ2v) is 6.11. The van der Waals surface area contributed by atoms with Crippen molar-refractivity contribution >= 4 is 23.2 Å². The highest BCUT2D eigenvalue weighted by Gasteiger charge is 2.31. The summed E-state index contributed by atoms with van der Waals surface area (Å²) in [5.74, 6) is -0.274. The third-order valence-electron chi connectivity index (χ3n) is 3.34. The van der Waals surface area contributed by atoms with Crippen molar-refractivity contribution in [2.24, 2.45) is 5.92 Å². The Hall–Kier alpha value is -1.47. The van der Waals surface area contributed by atoms with Gasteiger partial charge in [-0.2, -0.15) is 0 Å². The quantitative estimate of drug-likeness (QED) is 0.868. The molecule has 2 amide bonds. The van der Waals surface area contributed by atoms with Crippen molar-refractivity contribution in [1.29, 1.82) is 0 Å². The van der Waals surface area contributed by atoms with Crippen molar-refractivity contribution in [2.45, 2.75) is 26.5 Å². The highest BCUT2D eigenvalue weighted by Crippen LogP contribution is 2.20. The average molecular weight is 297 g/mol. The molecule has 0 radical (unpaired) electrons. The van der Waals surface area contributed by atoms with E-state index in [1.54, 1.807) is 30.4 Å². The standard InChI is InChI=1S/C13H19N3O3S/c1-8-10(20-11(15-8)7-19-3)5-14-13(18)9-4-12(17)16(2)6-9/h9H,4-7H2,1-3H3,(H,14,18)/t9-/m1/s1. The average Bonchev–Trinajstić information content (AvgIpc) is 2.91. The Morgan fingerprint density at radius 1 is 1.60 bits per heavy atom. The van der Waals surface area contributed by atoms with Crippen LogP contribution in [-0.4, -0.2) is 42.4 Å². The number of carbonyl (C=O) groups is 2. The molecule has 1 fully saturated rings. The summed E-state index contributed by atoms with van der Waals surface area (Å²) in [5, 5.41) is 3.80. The van der Waals surface area contributed by atoms with Crippen LogP contribution in [0.5, 0.6) is 0 Å². The lowest BCUT2D eigenvalue weighted by atomic mass is 10.1. The summed E-state index contributed by atoms with van der Waals surface area (Å²) in [7, 11) is 3.35. The molecule has 20 heavy (non-hydrogen) atoms. The van der Waals surface area contributed by atoms with E-state index in [1.807, 2.05) is 6.92 Å². The van der Waals surface area contributed by atoms with Gasteiger partial charge in [0.25, 0.3) is 0 Å². The van der Waals surface area contributed by atoms with Gasteiger partial charge in [0.15, 0.2) is 0 Å². The summed E-state index contributed by atoms with van der Waals surface area (Å²) in [6.45, 7) is 3.37. The van der Waals surface area contributed by atoms with Crippen LogP contribution in [0, 0.1) is 12.8 Å². The number of aromatic nitrogens is 1. The SMILES string of the molecule is COCc1nc(C)c(CNC(=O)[C@@H]2CC(=O)N(C)C2)s1. The molecule has 1 saturated heterocycles. The number of aryl methyl sites for hydroxylation is 1. The Morgan fingerprint density at radius 3 is 2.95 bits per heavy atom. The molecular formula is C13H19N3O3S. The van der Waals surface area contributed by atoms with Crippen molar-refractivity contribution in [3.63, 3.8) is 0 Å². The Labute approximate surface area is 122 Å². The van der Waals surface area contributed by atoms with E-state index in [0.29, 0.717) is 26.1 Å². The highest BCUT2D eigenvalue weighted by molar-refractivity contribution is 7.11. The molecule has 1 aromatic rings. The summed E-state index contributed by atoms with van der Waals surface area (Å²) in [5.41, 5.74) is 0.918. The molecule has 2 heterocycles. The number of thiazole rings is 1. The maximum Gasteiger partial charge on any atom is 0.225 e. The fraction of sp³-hybridized carbons (Fsp3) is 0.615. The van der Waals surface area contributed by atoms with Crippen LogP contribution in [0.3, 0.4) is 0 Å². The molecule has 110 valence electrons. The molecule has 0 unspecified atom stereocenters. The van der Waals surface area contributed by atoms with E-state index in [4.69, 9.17) is 4.74 Å². The van der Waals surface area contributed by atoms with Gasteiger partial charge in [-0.3, -0.25) is 9.59 Å². The number of ether oxygens (including phenoxy) is 1. The van der Waals surface area contributed by atoms with Crippen molar-refractivity contribution in [3.05, 3.63) is 15.6 Å². The molecule has 2 rings (SSSR count). The van der Waals surface area contributed by atoms with Gasteiger partial charge >= 0.3 is 0 Å². The number of likely N-dealkylation sites (tertiary alicyclic amines) is 1. The van der Waals surface area contributed by atoms with Crippen molar-refractivity contribution in [1.82, 2.24) is 15.2 Å². The molecule has 0 aromatic carbocycles. The molecule has 0 saturated carbocycles. The molecule has 1 aliphatic heterocycles.